The number of nitrogens with one attached hydrogen (secondary N) is 1. The summed E-state index contributed by atoms with van der Waals surface area (Å²) >= 11 is 0. The third-order valence-electron chi connectivity index (χ3n) is 3.61. The molecule has 1 unspecified atom stereocenters. The summed E-state index contributed by atoms with van der Waals surface area (Å²) < 4.78 is 27.5. The van der Waals surface area contributed by atoms with Gasteiger partial charge in [-0.05, 0) is 25.0 Å². The predicted octanol–water partition coefficient (Wildman–Crippen LogP) is 2.71. The lowest BCUT2D eigenvalue weighted by molar-refractivity contribution is -0.387. The summed E-state index contributed by atoms with van der Waals surface area (Å²) in [6.07, 6.45) is 0.265. The minimum absolute atomic E-state index is 0.0479. The van der Waals surface area contributed by atoms with E-state index in [0.29, 0.717) is 6.42 Å². The molecule has 0 aromatic heterocycles. The van der Waals surface area contributed by atoms with Crippen molar-refractivity contribution in [2.45, 2.75) is 30.7 Å². The fourth-order valence-corrected chi connectivity index (χ4v) is 3.80. The van der Waals surface area contributed by atoms with Crippen molar-refractivity contribution in [3.63, 3.8) is 0 Å². The van der Waals surface area contributed by atoms with Crippen LogP contribution in [0.2, 0.25) is 0 Å². The number of sulfonamides is 1. The van der Waals surface area contributed by atoms with Crippen LogP contribution in [0.3, 0.4) is 0 Å². The van der Waals surface area contributed by atoms with Crippen LogP contribution < -0.4 is 4.72 Å². The third-order valence-corrected chi connectivity index (χ3v) is 5.18. The van der Waals surface area contributed by atoms with Gasteiger partial charge in [0.25, 0.3) is 5.69 Å². The number of nitriles is 1. The highest BCUT2D eigenvalue weighted by Gasteiger charge is 2.27. The molecule has 2 aromatic carbocycles. The second-order valence-corrected chi connectivity index (χ2v) is 7.28. The third kappa shape index (κ3) is 4.86. The Morgan fingerprint density at radius 2 is 1.84 bits per heavy atom. The van der Waals surface area contributed by atoms with Crippen molar-refractivity contribution >= 4 is 15.7 Å². The summed E-state index contributed by atoms with van der Waals surface area (Å²) in [5, 5.41) is 20.0. The Hall–Kier alpha value is -2.76. The maximum Gasteiger partial charge on any atom is 0.289 e. The molecule has 0 bridgehead atoms. The van der Waals surface area contributed by atoms with Gasteiger partial charge in [-0.2, -0.15) is 5.26 Å². The lowest BCUT2D eigenvalue weighted by Gasteiger charge is -2.16. The fourth-order valence-electron chi connectivity index (χ4n) is 2.39. The number of nitro groups is 1. The van der Waals surface area contributed by atoms with Crippen LogP contribution >= 0.6 is 0 Å². The number of hydrogen-bond acceptors (Lipinski definition) is 5. The van der Waals surface area contributed by atoms with Gasteiger partial charge in [0.1, 0.15) is 0 Å². The summed E-state index contributed by atoms with van der Waals surface area (Å²) in [4.78, 5) is 9.91. The Labute approximate surface area is 146 Å². The van der Waals surface area contributed by atoms with E-state index in [1.165, 1.54) is 18.2 Å². The lowest BCUT2D eigenvalue weighted by atomic mass is 10.0. The van der Waals surface area contributed by atoms with Crippen LogP contribution in [-0.2, 0) is 16.4 Å². The molecular formula is C17H17N3O4S. The van der Waals surface area contributed by atoms with Gasteiger partial charge in [0, 0.05) is 12.1 Å². The highest BCUT2D eigenvalue weighted by atomic mass is 32.2. The number of benzene rings is 2. The molecule has 0 fully saturated rings. The summed E-state index contributed by atoms with van der Waals surface area (Å²) in [6, 6.07) is 13.9. The maximum atomic E-state index is 12.6. The van der Waals surface area contributed by atoms with Crippen molar-refractivity contribution in [3.8, 4) is 6.07 Å². The van der Waals surface area contributed by atoms with E-state index in [2.05, 4.69) is 4.72 Å². The maximum absolute atomic E-state index is 12.6. The smallest absolute Gasteiger partial charge is 0.258 e. The van der Waals surface area contributed by atoms with Gasteiger partial charge >= 0.3 is 0 Å². The van der Waals surface area contributed by atoms with Gasteiger partial charge in [-0.1, -0.05) is 42.0 Å². The lowest BCUT2D eigenvalue weighted by Crippen LogP contribution is -2.36. The molecule has 7 nitrogen and oxygen atoms in total. The van der Waals surface area contributed by atoms with Gasteiger partial charge in [-0.3, -0.25) is 10.1 Å². The van der Waals surface area contributed by atoms with Crippen LogP contribution in [0, 0.1) is 28.4 Å². The van der Waals surface area contributed by atoms with Crippen molar-refractivity contribution < 1.29 is 13.3 Å². The van der Waals surface area contributed by atoms with Crippen molar-refractivity contribution in [1.82, 2.24) is 4.72 Å². The molecule has 0 heterocycles. The Morgan fingerprint density at radius 3 is 2.44 bits per heavy atom. The van der Waals surface area contributed by atoms with E-state index in [1.807, 2.05) is 37.3 Å². The molecule has 0 aliphatic rings. The van der Waals surface area contributed by atoms with Crippen LogP contribution in [0.25, 0.3) is 0 Å². The molecule has 130 valence electrons. The van der Waals surface area contributed by atoms with E-state index >= 15 is 0 Å². The second kappa shape index (κ2) is 7.88. The van der Waals surface area contributed by atoms with Gasteiger partial charge in [0.15, 0.2) is 4.90 Å². The Balaban J connectivity index is 2.28. The molecule has 0 saturated heterocycles. The van der Waals surface area contributed by atoms with Crippen molar-refractivity contribution in [3.05, 3.63) is 69.8 Å². The molecule has 0 amide bonds. The van der Waals surface area contributed by atoms with Crippen molar-refractivity contribution in [1.29, 1.82) is 5.26 Å². The van der Waals surface area contributed by atoms with Gasteiger partial charge < -0.3 is 0 Å². The van der Waals surface area contributed by atoms with Crippen LogP contribution in [0.15, 0.2) is 53.4 Å². The molecule has 8 heteroatoms. The first-order valence-electron chi connectivity index (χ1n) is 7.51. The minimum atomic E-state index is -4.13. The van der Waals surface area contributed by atoms with Gasteiger partial charge in [-0.15, -0.1) is 0 Å². The molecule has 2 rings (SSSR count). The highest BCUT2D eigenvalue weighted by Crippen LogP contribution is 2.23. The average Bonchev–Trinajstić information content (AvgIpc) is 2.57. The first kappa shape index (κ1) is 18.6. The Kier molecular flexibility index (Phi) is 5.85. The number of nitrogens with zero attached hydrogens (tertiary/aromatic N) is 2. The van der Waals surface area contributed by atoms with Crippen molar-refractivity contribution in [2.75, 3.05) is 0 Å². The number of hydrogen-bond donors (Lipinski definition) is 1. The Bertz CT molecular complexity index is 902. The van der Waals surface area contributed by atoms with Crippen LogP contribution in [0.1, 0.15) is 17.5 Å². The minimum Gasteiger partial charge on any atom is -0.258 e. The molecule has 0 spiro atoms. The molecule has 1 atom stereocenters. The molecule has 2 aromatic rings. The van der Waals surface area contributed by atoms with Crippen LogP contribution in [-0.4, -0.2) is 19.4 Å². The van der Waals surface area contributed by atoms with Gasteiger partial charge in [0.2, 0.25) is 10.0 Å². The summed E-state index contributed by atoms with van der Waals surface area (Å²) in [5.41, 5.74) is 1.44. The Morgan fingerprint density at radius 1 is 1.20 bits per heavy atom. The monoisotopic (exact) mass is 359 g/mol. The highest BCUT2D eigenvalue weighted by molar-refractivity contribution is 7.89. The number of para-hydroxylation sites is 1. The fraction of sp³-hybridized carbons (Fsp3) is 0.235. The van der Waals surface area contributed by atoms with E-state index < -0.39 is 31.6 Å². The molecule has 0 aliphatic carbocycles. The standard InChI is InChI=1S/C17H17N3O4S/c1-13-6-8-14(9-7-13)12-15(10-11-18)19-25(23,24)17-5-3-2-4-16(17)20(21)22/h2-9,15,19H,10,12H2,1H3. The second-order valence-electron chi connectivity index (χ2n) is 5.60. The summed E-state index contributed by atoms with van der Waals surface area (Å²) in [6.45, 7) is 1.94. The average molecular weight is 359 g/mol. The zero-order chi connectivity index (χ0) is 18.4. The topological polar surface area (TPSA) is 113 Å². The largest absolute Gasteiger partial charge is 0.289 e. The molecule has 0 radical (unpaired) electrons. The van der Waals surface area contributed by atoms with Crippen molar-refractivity contribution in [2.24, 2.45) is 0 Å². The summed E-state index contributed by atoms with van der Waals surface area (Å²) in [5.74, 6) is 0. The molecule has 0 aliphatic heterocycles. The van der Waals surface area contributed by atoms with E-state index in [9.17, 15) is 18.5 Å². The number of rotatable bonds is 7. The molecule has 0 saturated carbocycles. The van der Waals surface area contributed by atoms with Gasteiger partial charge in [0.05, 0.1) is 17.4 Å². The predicted molar refractivity (Wildman–Crippen MR) is 92.3 cm³/mol. The quantitative estimate of drug-likeness (QED) is 0.603. The first-order chi connectivity index (χ1) is 11.8. The number of nitro benzene ring substituents is 1. The zero-order valence-corrected chi connectivity index (χ0v) is 14.4. The SMILES string of the molecule is Cc1ccc(CC(CC#N)NS(=O)(=O)c2ccccc2[N+](=O)[O-])cc1. The van der Waals surface area contributed by atoms with Gasteiger partial charge in [-0.25, -0.2) is 13.1 Å². The summed E-state index contributed by atoms with van der Waals surface area (Å²) in [7, 11) is -4.13. The van der Waals surface area contributed by atoms with E-state index in [-0.39, 0.29) is 6.42 Å². The van der Waals surface area contributed by atoms with E-state index in [0.717, 1.165) is 17.2 Å². The van der Waals surface area contributed by atoms with Crippen LogP contribution in [0.4, 0.5) is 5.69 Å². The first-order valence-corrected chi connectivity index (χ1v) is 9.00. The van der Waals surface area contributed by atoms with E-state index in [4.69, 9.17) is 5.26 Å². The zero-order valence-electron chi connectivity index (χ0n) is 13.5. The molecule has 1 N–H and O–H groups in total. The number of aryl methyl sites for hydroxylation is 1. The molecule has 25 heavy (non-hydrogen) atoms. The normalized spacial score (nSPS) is 12.3. The van der Waals surface area contributed by atoms with Crippen LogP contribution in [0.5, 0.6) is 0 Å². The molecular weight excluding hydrogens is 342 g/mol. The van der Waals surface area contributed by atoms with E-state index in [1.54, 1.807) is 0 Å².